The lowest BCUT2D eigenvalue weighted by Gasteiger charge is -2.14. The Hall–Kier alpha value is -3.83. The van der Waals surface area contributed by atoms with E-state index >= 15 is 0 Å². The second-order valence-corrected chi connectivity index (χ2v) is 6.50. The topological polar surface area (TPSA) is 94.3 Å². The monoisotopic (exact) mass is 421 g/mol. The Labute approximate surface area is 179 Å². The summed E-state index contributed by atoms with van der Waals surface area (Å²) in [6.07, 6.45) is 1.65. The third-order valence-corrected chi connectivity index (χ3v) is 4.42. The average Bonchev–Trinajstić information content (AvgIpc) is 2.79. The molecule has 0 saturated carbocycles. The number of esters is 1. The maximum atomic E-state index is 13.4. The van der Waals surface area contributed by atoms with Gasteiger partial charge in [-0.2, -0.15) is 5.26 Å². The molecule has 158 valence electrons. The number of aryl methyl sites for hydroxylation is 1. The zero-order valence-corrected chi connectivity index (χ0v) is 17.1. The van der Waals surface area contributed by atoms with Crippen molar-refractivity contribution < 1.29 is 23.4 Å². The van der Waals surface area contributed by atoms with Crippen LogP contribution < -0.4 is 4.74 Å². The minimum atomic E-state index is -0.498. The molecule has 7 nitrogen and oxygen atoms in total. The predicted molar refractivity (Wildman–Crippen MR) is 111 cm³/mol. The van der Waals surface area contributed by atoms with Crippen LogP contribution in [-0.2, 0) is 14.3 Å². The Morgan fingerprint density at radius 2 is 1.97 bits per heavy atom. The van der Waals surface area contributed by atoms with Crippen LogP contribution in [0.5, 0.6) is 5.88 Å². The first-order valence-electron chi connectivity index (χ1n) is 9.44. The van der Waals surface area contributed by atoms with E-state index in [1.165, 1.54) is 19.2 Å². The zero-order valence-electron chi connectivity index (χ0n) is 17.1. The summed E-state index contributed by atoms with van der Waals surface area (Å²) in [6.45, 7) is 1.86. The number of halogens is 1. The molecule has 2 heterocycles. The van der Waals surface area contributed by atoms with Crippen molar-refractivity contribution in [1.29, 1.82) is 5.26 Å². The minimum absolute atomic E-state index is 0.0617. The molecule has 0 amide bonds. The second-order valence-electron chi connectivity index (χ2n) is 6.50. The van der Waals surface area contributed by atoms with Crippen molar-refractivity contribution in [2.75, 3.05) is 26.9 Å². The van der Waals surface area contributed by atoms with Gasteiger partial charge in [-0.1, -0.05) is 18.2 Å². The highest BCUT2D eigenvalue weighted by Crippen LogP contribution is 2.33. The van der Waals surface area contributed by atoms with Gasteiger partial charge in [0.15, 0.2) is 0 Å². The Bertz CT molecular complexity index is 1110. The molecule has 0 aliphatic heterocycles. The van der Waals surface area contributed by atoms with Gasteiger partial charge in [0.05, 0.1) is 25.1 Å². The molecular formula is C23H20FN3O4. The number of hydrogen-bond donors (Lipinski definition) is 0. The molecule has 0 radical (unpaired) electrons. The number of rotatable bonds is 8. The van der Waals surface area contributed by atoms with Gasteiger partial charge in [-0.3, -0.25) is 4.98 Å². The van der Waals surface area contributed by atoms with Crippen molar-refractivity contribution in [2.45, 2.75) is 6.92 Å². The number of nitrogens with zero attached hydrogens (tertiary/aromatic N) is 3. The van der Waals surface area contributed by atoms with Crippen LogP contribution in [0.1, 0.15) is 11.1 Å². The van der Waals surface area contributed by atoms with E-state index in [2.05, 4.69) is 20.8 Å². The number of ether oxygens (including phenoxy) is 3. The van der Waals surface area contributed by atoms with Gasteiger partial charge in [-0.15, -0.1) is 0 Å². The number of carbonyl (C=O) groups excluding carboxylic acids is 1. The van der Waals surface area contributed by atoms with Gasteiger partial charge in [-0.25, -0.2) is 14.2 Å². The van der Waals surface area contributed by atoms with Gasteiger partial charge >= 0.3 is 5.97 Å². The van der Waals surface area contributed by atoms with E-state index in [4.69, 9.17) is 9.47 Å². The van der Waals surface area contributed by atoms with Crippen LogP contribution in [0.4, 0.5) is 4.39 Å². The Morgan fingerprint density at radius 3 is 2.65 bits per heavy atom. The Morgan fingerprint density at radius 1 is 1.19 bits per heavy atom. The second kappa shape index (κ2) is 10.3. The van der Waals surface area contributed by atoms with Gasteiger partial charge in [-0.05, 0) is 42.3 Å². The molecule has 0 saturated heterocycles. The van der Waals surface area contributed by atoms with Crippen molar-refractivity contribution in [3.8, 4) is 34.5 Å². The van der Waals surface area contributed by atoms with Gasteiger partial charge in [0.1, 0.15) is 30.7 Å². The number of methoxy groups -OCH3 is 1. The van der Waals surface area contributed by atoms with Crippen LogP contribution in [0.15, 0.2) is 48.7 Å². The van der Waals surface area contributed by atoms with E-state index in [0.29, 0.717) is 22.5 Å². The summed E-state index contributed by atoms with van der Waals surface area (Å²) in [6, 6.07) is 13.4. The normalized spacial score (nSPS) is 10.4. The average molecular weight is 421 g/mol. The molecule has 0 unspecified atom stereocenters. The number of nitriles is 1. The summed E-state index contributed by atoms with van der Waals surface area (Å²) in [4.78, 5) is 20.0. The SMILES string of the molecule is COC(=O)COCCOc1nc(-c2ncccc2C)cc(-c2ccc(F)cc2)c1C#N. The largest absolute Gasteiger partial charge is 0.474 e. The molecule has 0 atom stereocenters. The van der Waals surface area contributed by atoms with Crippen LogP contribution in [0.25, 0.3) is 22.5 Å². The molecule has 0 bridgehead atoms. The zero-order chi connectivity index (χ0) is 22.2. The summed E-state index contributed by atoms with van der Waals surface area (Å²) < 4.78 is 28.8. The van der Waals surface area contributed by atoms with E-state index in [1.54, 1.807) is 24.4 Å². The van der Waals surface area contributed by atoms with E-state index < -0.39 is 5.97 Å². The fourth-order valence-electron chi connectivity index (χ4n) is 2.88. The molecule has 0 N–H and O–H groups in total. The number of pyridine rings is 2. The lowest BCUT2D eigenvalue weighted by atomic mass is 9.99. The standard InChI is InChI=1S/C23H20FN3O4/c1-15-4-3-9-26-22(15)20-12-18(16-5-7-17(24)8-6-16)19(13-25)23(27-20)31-11-10-30-14-21(28)29-2/h3-9,12H,10-11,14H2,1-2H3. The molecule has 3 aromatic rings. The highest BCUT2D eigenvalue weighted by Gasteiger charge is 2.18. The van der Waals surface area contributed by atoms with Crippen molar-refractivity contribution >= 4 is 5.97 Å². The molecule has 0 fully saturated rings. The van der Waals surface area contributed by atoms with Gasteiger partial charge < -0.3 is 14.2 Å². The van der Waals surface area contributed by atoms with Crippen molar-refractivity contribution in [3.63, 3.8) is 0 Å². The van der Waals surface area contributed by atoms with Crippen LogP contribution in [0.3, 0.4) is 0 Å². The quantitative estimate of drug-likeness (QED) is 0.404. The Balaban J connectivity index is 1.98. The first-order valence-corrected chi connectivity index (χ1v) is 9.44. The molecule has 1 aromatic carbocycles. The third-order valence-electron chi connectivity index (χ3n) is 4.42. The van der Waals surface area contributed by atoms with Crippen molar-refractivity contribution in [2.24, 2.45) is 0 Å². The molecule has 2 aromatic heterocycles. The highest BCUT2D eigenvalue weighted by molar-refractivity contribution is 5.77. The lowest BCUT2D eigenvalue weighted by molar-refractivity contribution is -0.146. The lowest BCUT2D eigenvalue weighted by Crippen LogP contribution is -2.15. The van der Waals surface area contributed by atoms with Crippen LogP contribution >= 0.6 is 0 Å². The molecule has 0 spiro atoms. The first-order chi connectivity index (χ1) is 15.0. The number of benzene rings is 1. The summed E-state index contributed by atoms with van der Waals surface area (Å²) in [5.41, 5.74) is 3.45. The first kappa shape index (κ1) is 21.9. The van der Waals surface area contributed by atoms with Crippen LogP contribution in [0.2, 0.25) is 0 Å². The maximum absolute atomic E-state index is 13.4. The maximum Gasteiger partial charge on any atom is 0.331 e. The number of aromatic nitrogens is 2. The molecule has 0 aliphatic carbocycles. The summed E-state index contributed by atoms with van der Waals surface area (Å²) >= 11 is 0. The van der Waals surface area contributed by atoms with Crippen molar-refractivity contribution in [1.82, 2.24) is 9.97 Å². The van der Waals surface area contributed by atoms with Gasteiger partial charge in [0, 0.05) is 11.8 Å². The number of carbonyl (C=O) groups is 1. The van der Waals surface area contributed by atoms with E-state index in [1.807, 2.05) is 19.1 Å². The minimum Gasteiger partial charge on any atom is -0.474 e. The Kier molecular flexibility index (Phi) is 7.25. The summed E-state index contributed by atoms with van der Waals surface area (Å²) in [7, 11) is 1.27. The fourth-order valence-corrected chi connectivity index (χ4v) is 2.88. The van der Waals surface area contributed by atoms with E-state index in [0.717, 1.165) is 5.56 Å². The van der Waals surface area contributed by atoms with Gasteiger partial charge in [0.25, 0.3) is 0 Å². The molecular weight excluding hydrogens is 401 g/mol. The molecule has 8 heteroatoms. The van der Waals surface area contributed by atoms with Crippen LogP contribution in [0, 0.1) is 24.1 Å². The van der Waals surface area contributed by atoms with E-state index in [9.17, 15) is 14.4 Å². The summed E-state index contributed by atoms with van der Waals surface area (Å²) in [5, 5.41) is 9.79. The van der Waals surface area contributed by atoms with Crippen molar-refractivity contribution in [3.05, 3.63) is 65.6 Å². The van der Waals surface area contributed by atoms with Gasteiger partial charge in [0.2, 0.25) is 5.88 Å². The summed E-state index contributed by atoms with van der Waals surface area (Å²) in [5.74, 6) is -0.774. The molecule has 31 heavy (non-hydrogen) atoms. The molecule has 0 aliphatic rings. The fraction of sp³-hybridized carbons (Fsp3) is 0.217. The highest BCUT2D eigenvalue weighted by atomic mass is 19.1. The van der Waals surface area contributed by atoms with Crippen LogP contribution in [-0.4, -0.2) is 42.9 Å². The smallest absolute Gasteiger partial charge is 0.331 e. The van der Waals surface area contributed by atoms with E-state index in [-0.39, 0.29) is 37.1 Å². The molecule has 3 rings (SSSR count). The number of hydrogen-bond acceptors (Lipinski definition) is 7. The third kappa shape index (κ3) is 5.41. The predicted octanol–water partition coefficient (Wildman–Crippen LogP) is 3.70.